The fourth-order valence-corrected chi connectivity index (χ4v) is 3.83. The molecule has 3 rings (SSSR count). The van der Waals surface area contributed by atoms with Gasteiger partial charge in [0.05, 0.1) is 30.5 Å². The maximum atomic E-state index is 6.14. The average Bonchev–Trinajstić information content (AvgIpc) is 3.37. The lowest BCUT2D eigenvalue weighted by Crippen LogP contribution is -2.38. The first-order valence-corrected chi connectivity index (χ1v) is 11.2. The van der Waals surface area contributed by atoms with Crippen LogP contribution < -0.4 is 15.4 Å². The number of aromatic nitrogens is 1. The Bertz CT molecular complexity index is 800. The van der Waals surface area contributed by atoms with E-state index < -0.39 is 0 Å². The third kappa shape index (κ3) is 7.01. The normalized spacial score (nSPS) is 16.8. The van der Waals surface area contributed by atoms with Gasteiger partial charge in [-0.15, -0.1) is 11.3 Å². The molecule has 1 saturated heterocycles. The van der Waals surface area contributed by atoms with E-state index >= 15 is 0 Å². The molecule has 1 aromatic heterocycles. The van der Waals surface area contributed by atoms with Crippen LogP contribution in [0.15, 0.2) is 28.6 Å². The predicted molar refractivity (Wildman–Crippen MR) is 119 cm³/mol. The lowest BCUT2D eigenvalue weighted by molar-refractivity contribution is 0.166. The zero-order chi connectivity index (χ0) is 20.5. The van der Waals surface area contributed by atoms with E-state index in [1.807, 2.05) is 6.92 Å². The summed E-state index contributed by atoms with van der Waals surface area (Å²) in [5.74, 6) is 2.23. The van der Waals surface area contributed by atoms with Gasteiger partial charge in [0, 0.05) is 43.0 Å². The lowest BCUT2D eigenvalue weighted by atomic mass is 10.1. The number of benzene rings is 1. The molecule has 2 N–H and O–H groups in total. The summed E-state index contributed by atoms with van der Waals surface area (Å²) in [6, 6.07) is 6.33. The van der Waals surface area contributed by atoms with Crippen molar-refractivity contribution in [3.8, 4) is 5.75 Å². The molecule has 1 unspecified atom stereocenters. The van der Waals surface area contributed by atoms with Gasteiger partial charge in [-0.3, -0.25) is 0 Å². The highest BCUT2D eigenvalue weighted by Crippen LogP contribution is 2.23. The van der Waals surface area contributed by atoms with Gasteiger partial charge in [-0.1, -0.05) is 12.1 Å². The van der Waals surface area contributed by atoms with E-state index in [1.54, 1.807) is 11.3 Å². The van der Waals surface area contributed by atoms with E-state index in [4.69, 9.17) is 14.5 Å². The third-order valence-corrected chi connectivity index (χ3v) is 5.64. The second-order valence-electron chi connectivity index (χ2n) is 7.38. The van der Waals surface area contributed by atoms with Gasteiger partial charge in [0.1, 0.15) is 5.75 Å². The number of hydrogen-bond donors (Lipinski definition) is 2. The van der Waals surface area contributed by atoms with Crippen molar-refractivity contribution in [2.75, 3.05) is 32.9 Å². The summed E-state index contributed by atoms with van der Waals surface area (Å²) in [6.45, 7) is 10.7. The Morgan fingerprint density at radius 3 is 2.97 bits per heavy atom. The maximum absolute atomic E-state index is 6.14. The molecule has 0 amide bonds. The van der Waals surface area contributed by atoms with E-state index in [0.717, 1.165) is 67.1 Å². The van der Waals surface area contributed by atoms with Crippen LogP contribution in [0.1, 0.15) is 35.2 Å². The molecule has 0 spiro atoms. The van der Waals surface area contributed by atoms with Gasteiger partial charge in [0.15, 0.2) is 5.96 Å². The van der Waals surface area contributed by atoms with Crippen molar-refractivity contribution in [3.63, 3.8) is 0 Å². The van der Waals surface area contributed by atoms with Gasteiger partial charge in [0.2, 0.25) is 0 Å². The van der Waals surface area contributed by atoms with Gasteiger partial charge in [0.25, 0.3) is 0 Å². The van der Waals surface area contributed by atoms with Crippen molar-refractivity contribution in [1.82, 2.24) is 15.6 Å². The molecule has 2 aromatic rings. The van der Waals surface area contributed by atoms with Crippen LogP contribution in [0.2, 0.25) is 0 Å². The number of nitrogens with one attached hydrogen (secondary N) is 2. The number of ether oxygens (including phenoxy) is 2. The Morgan fingerprint density at radius 2 is 2.24 bits per heavy atom. The quantitative estimate of drug-likeness (QED) is 0.484. The van der Waals surface area contributed by atoms with Crippen LogP contribution in [0.5, 0.6) is 5.75 Å². The number of rotatable bonds is 9. The highest BCUT2D eigenvalue weighted by atomic mass is 32.1. The lowest BCUT2D eigenvalue weighted by Gasteiger charge is -2.15. The summed E-state index contributed by atoms with van der Waals surface area (Å²) in [6.07, 6.45) is 1.96. The molecular formula is C22H32N4O2S. The van der Waals surface area contributed by atoms with Gasteiger partial charge >= 0.3 is 0 Å². The average molecular weight is 417 g/mol. The molecule has 0 radical (unpaired) electrons. The topological polar surface area (TPSA) is 67.8 Å². The number of thiazole rings is 1. The fourth-order valence-electron chi connectivity index (χ4n) is 3.19. The Morgan fingerprint density at radius 1 is 1.34 bits per heavy atom. The molecule has 0 bridgehead atoms. The van der Waals surface area contributed by atoms with Crippen LogP contribution in [0.25, 0.3) is 0 Å². The van der Waals surface area contributed by atoms with Gasteiger partial charge in [-0.05, 0) is 38.8 Å². The van der Waals surface area contributed by atoms with Crippen LogP contribution in [0.4, 0.5) is 0 Å². The molecule has 0 saturated carbocycles. The molecule has 1 aromatic carbocycles. The predicted octanol–water partition coefficient (Wildman–Crippen LogP) is 3.47. The monoisotopic (exact) mass is 416 g/mol. The van der Waals surface area contributed by atoms with Crippen LogP contribution in [-0.4, -0.2) is 43.9 Å². The molecule has 1 atom stereocenters. The smallest absolute Gasteiger partial charge is 0.191 e. The maximum Gasteiger partial charge on any atom is 0.191 e. The van der Waals surface area contributed by atoms with E-state index in [-0.39, 0.29) is 0 Å². The second kappa shape index (κ2) is 11.2. The number of guanidine groups is 1. The van der Waals surface area contributed by atoms with Crippen molar-refractivity contribution < 1.29 is 9.47 Å². The first-order chi connectivity index (χ1) is 14.1. The summed E-state index contributed by atoms with van der Waals surface area (Å²) in [5.41, 5.74) is 3.42. The Kier molecular flexibility index (Phi) is 8.31. The van der Waals surface area contributed by atoms with Gasteiger partial charge in [-0.2, -0.15) is 0 Å². The van der Waals surface area contributed by atoms with Crippen molar-refractivity contribution in [2.24, 2.45) is 10.9 Å². The minimum atomic E-state index is 0.486. The van der Waals surface area contributed by atoms with Crippen molar-refractivity contribution in [1.29, 1.82) is 0 Å². The fraction of sp³-hybridized carbons (Fsp3) is 0.545. The van der Waals surface area contributed by atoms with E-state index in [0.29, 0.717) is 19.1 Å². The molecule has 1 aliphatic rings. The van der Waals surface area contributed by atoms with Gasteiger partial charge < -0.3 is 20.1 Å². The van der Waals surface area contributed by atoms with E-state index in [1.165, 1.54) is 5.56 Å². The van der Waals surface area contributed by atoms with E-state index in [2.05, 4.69) is 53.0 Å². The Labute approximate surface area is 177 Å². The van der Waals surface area contributed by atoms with Crippen LogP contribution >= 0.6 is 11.3 Å². The Hall–Kier alpha value is -2.12. The minimum Gasteiger partial charge on any atom is -0.493 e. The molecule has 7 heteroatoms. The molecule has 2 heterocycles. The number of aliphatic imine (C=N–C) groups is 1. The number of nitrogens with zero attached hydrogens (tertiary/aromatic N) is 2. The molecule has 158 valence electrons. The highest BCUT2D eigenvalue weighted by molar-refractivity contribution is 7.09. The standard InChI is InChI=1S/C22H32N4O2S/c1-4-23-22(24-9-7-20-15-29-17(3)26-20)25-12-19-6-5-16(2)11-21(19)28-14-18-8-10-27-13-18/h5-6,11,15,18H,4,7-10,12-14H2,1-3H3,(H2,23,24,25). The summed E-state index contributed by atoms with van der Waals surface area (Å²) in [7, 11) is 0. The van der Waals surface area contributed by atoms with Crippen molar-refractivity contribution >= 4 is 17.3 Å². The largest absolute Gasteiger partial charge is 0.493 e. The number of hydrogen-bond acceptors (Lipinski definition) is 5. The summed E-state index contributed by atoms with van der Waals surface area (Å²) in [5, 5.41) is 9.94. The molecule has 6 nitrogen and oxygen atoms in total. The molecule has 0 aliphatic carbocycles. The summed E-state index contributed by atoms with van der Waals surface area (Å²) < 4.78 is 11.6. The summed E-state index contributed by atoms with van der Waals surface area (Å²) in [4.78, 5) is 9.27. The second-order valence-corrected chi connectivity index (χ2v) is 8.44. The highest BCUT2D eigenvalue weighted by Gasteiger charge is 2.17. The number of aryl methyl sites for hydroxylation is 2. The van der Waals surface area contributed by atoms with Crippen LogP contribution in [0.3, 0.4) is 0 Å². The SMILES string of the molecule is CCNC(=NCc1ccc(C)cc1OCC1CCOC1)NCCc1csc(C)n1. The zero-order valence-electron chi connectivity index (χ0n) is 17.7. The summed E-state index contributed by atoms with van der Waals surface area (Å²) >= 11 is 1.69. The zero-order valence-corrected chi connectivity index (χ0v) is 18.5. The first kappa shape index (κ1) is 21.6. The third-order valence-electron chi connectivity index (χ3n) is 4.81. The molecule has 29 heavy (non-hydrogen) atoms. The molecule has 1 fully saturated rings. The minimum absolute atomic E-state index is 0.486. The van der Waals surface area contributed by atoms with Crippen LogP contribution in [0, 0.1) is 19.8 Å². The van der Waals surface area contributed by atoms with Crippen molar-refractivity contribution in [2.45, 2.75) is 40.2 Å². The first-order valence-electron chi connectivity index (χ1n) is 10.4. The van der Waals surface area contributed by atoms with Gasteiger partial charge in [-0.25, -0.2) is 9.98 Å². The molecular weight excluding hydrogens is 384 g/mol. The Balaban J connectivity index is 1.58. The molecule has 1 aliphatic heterocycles. The van der Waals surface area contributed by atoms with Crippen LogP contribution in [-0.2, 0) is 17.7 Å². The van der Waals surface area contributed by atoms with E-state index in [9.17, 15) is 0 Å². The van der Waals surface area contributed by atoms with Crippen molar-refractivity contribution in [3.05, 3.63) is 45.4 Å².